The van der Waals surface area contributed by atoms with Crippen molar-refractivity contribution in [1.82, 2.24) is 15.1 Å². The molecule has 0 aliphatic carbocycles. The number of amides is 1. The zero-order valence-electron chi connectivity index (χ0n) is 13.7. The first-order valence-electron chi connectivity index (χ1n) is 8.21. The maximum Gasteiger partial charge on any atom is 0.256 e. The summed E-state index contributed by atoms with van der Waals surface area (Å²) in [5, 5.41) is 11.2. The van der Waals surface area contributed by atoms with Crippen molar-refractivity contribution in [2.24, 2.45) is 5.92 Å². The van der Waals surface area contributed by atoms with Crippen molar-refractivity contribution < 1.29 is 9.18 Å². The van der Waals surface area contributed by atoms with Gasteiger partial charge in [0.05, 0.1) is 11.3 Å². The average Bonchev–Trinajstić information content (AvgIpc) is 2.62. The van der Waals surface area contributed by atoms with Gasteiger partial charge in [0, 0.05) is 20.1 Å². The van der Waals surface area contributed by atoms with Gasteiger partial charge in [-0.3, -0.25) is 4.79 Å². The Morgan fingerprint density at radius 1 is 1.29 bits per heavy atom. The maximum absolute atomic E-state index is 13.8. The number of anilines is 1. The number of likely N-dealkylation sites (tertiary alicyclic amines) is 1. The van der Waals surface area contributed by atoms with Crippen LogP contribution >= 0.6 is 0 Å². The number of benzene rings is 1. The van der Waals surface area contributed by atoms with Crippen LogP contribution < -0.4 is 5.32 Å². The molecule has 5 nitrogen and oxygen atoms in total. The number of aromatic nitrogens is 2. The molecule has 0 bridgehead atoms. The van der Waals surface area contributed by atoms with Crippen LogP contribution in [0.3, 0.4) is 0 Å². The molecule has 126 valence electrons. The van der Waals surface area contributed by atoms with Gasteiger partial charge in [-0.2, -0.15) is 5.10 Å². The summed E-state index contributed by atoms with van der Waals surface area (Å²) in [5.41, 5.74) is 1.07. The molecular formula is C18H21FN4O. The van der Waals surface area contributed by atoms with Crippen LogP contribution in [-0.4, -0.2) is 41.1 Å². The predicted octanol–water partition coefficient (Wildman–Crippen LogP) is 2.75. The number of nitrogens with one attached hydrogen (secondary N) is 1. The van der Waals surface area contributed by atoms with E-state index in [2.05, 4.69) is 15.5 Å². The van der Waals surface area contributed by atoms with Crippen LogP contribution in [0.5, 0.6) is 0 Å². The van der Waals surface area contributed by atoms with Gasteiger partial charge in [-0.05, 0) is 49.4 Å². The highest BCUT2D eigenvalue weighted by Crippen LogP contribution is 2.22. The molecule has 0 spiro atoms. The minimum Gasteiger partial charge on any atom is -0.372 e. The number of rotatable bonds is 4. The monoisotopic (exact) mass is 328 g/mol. The maximum atomic E-state index is 13.8. The molecule has 1 aliphatic heterocycles. The van der Waals surface area contributed by atoms with Crippen LogP contribution in [-0.2, 0) is 6.42 Å². The van der Waals surface area contributed by atoms with Gasteiger partial charge in [-0.15, -0.1) is 5.10 Å². The van der Waals surface area contributed by atoms with Crippen molar-refractivity contribution >= 4 is 11.7 Å². The molecule has 24 heavy (non-hydrogen) atoms. The van der Waals surface area contributed by atoms with Crippen LogP contribution in [0.15, 0.2) is 36.4 Å². The van der Waals surface area contributed by atoms with E-state index in [-0.39, 0.29) is 11.5 Å². The van der Waals surface area contributed by atoms with Gasteiger partial charge < -0.3 is 10.2 Å². The van der Waals surface area contributed by atoms with Crippen LogP contribution in [0.1, 0.15) is 28.9 Å². The topological polar surface area (TPSA) is 58.1 Å². The third-order valence-electron chi connectivity index (χ3n) is 4.38. The molecule has 1 aliphatic rings. The van der Waals surface area contributed by atoms with Crippen molar-refractivity contribution in [2.45, 2.75) is 19.3 Å². The third-order valence-corrected chi connectivity index (χ3v) is 4.38. The molecule has 1 N–H and O–H groups in total. The highest BCUT2D eigenvalue weighted by Gasteiger charge is 2.26. The number of nitrogens with zero attached hydrogens (tertiary/aromatic N) is 3. The summed E-state index contributed by atoms with van der Waals surface area (Å²) in [6.07, 6.45) is 2.74. The van der Waals surface area contributed by atoms with Gasteiger partial charge in [0.1, 0.15) is 11.6 Å². The van der Waals surface area contributed by atoms with Gasteiger partial charge >= 0.3 is 0 Å². The lowest BCUT2D eigenvalue weighted by Gasteiger charge is -2.32. The first-order valence-corrected chi connectivity index (χ1v) is 8.21. The number of carbonyl (C=O) groups excluding carboxylic acids is 1. The van der Waals surface area contributed by atoms with Crippen molar-refractivity contribution in [3.8, 4) is 0 Å². The second kappa shape index (κ2) is 7.38. The summed E-state index contributed by atoms with van der Waals surface area (Å²) in [6.45, 7) is 1.30. The number of carbonyl (C=O) groups is 1. The van der Waals surface area contributed by atoms with E-state index in [9.17, 15) is 9.18 Å². The summed E-state index contributed by atoms with van der Waals surface area (Å²) in [5.74, 6) is 0.371. The second-order valence-corrected chi connectivity index (χ2v) is 6.10. The van der Waals surface area contributed by atoms with Gasteiger partial charge in [-0.1, -0.05) is 12.1 Å². The van der Waals surface area contributed by atoms with Gasteiger partial charge in [0.25, 0.3) is 5.91 Å². The molecule has 1 atom stereocenters. The van der Waals surface area contributed by atoms with E-state index >= 15 is 0 Å². The second-order valence-electron chi connectivity index (χ2n) is 6.10. The lowest BCUT2D eigenvalue weighted by molar-refractivity contribution is 0.0668. The normalized spacial score (nSPS) is 17.6. The van der Waals surface area contributed by atoms with Gasteiger partial charge in [0.2, 0.25) is 0 Å². The Morgan fingerprint density at radius 3 is 2.83 bits per heavy atom. The van der Waals surface area contributed by atoms with Gasteiger partial charge in [-0.25, -0.2) is 4.39 Å². The SMILES string of the molecule is CNc1ccc(C[C@@H]2CCCN(C(=O)c3ccccc3F)C2)nn1. The van der Waals surface area contributed by atoms with Crippen molar-refractivity contribution in [2.75, 3.05) is 25.5 Å². The minimum absolute atomic E-state index is 0.149. The standard InChI is InChI=1S/C18H21FN4O/c1-20-17-9-8-14(21-22-17)11-13-5-4-10-23(12-13)18(24)15-6-2-3-7-16(15)19/h2-3,6-9,13H,4-5,10-12H2,1H3,(H,20,22)/t13-/m0/s1. The molecule has 1 saturated heterocycles. The zero-order valence-corrected chi connectivity index (χ0v) is 13.7. The highest BCUT2D eigenvalue weighted by atomic mass is 19.1. The molecule has 1 amide bonds. The lowest BCUT2D eigenvalue weighted by atomic mass is 9.93. The van der Waals surface area contributed by atoms with E-state index in [0.29, 0.717) is 19.0 Å². The Labute approximate surface area is 140 Å². The Balaban J connectivity index is 1.65. The molecule has 1 aromatic carbocycles. The first-order chi connectivity index (χ1) is 11.7. The third kappa shape index (κ3) is 3.69. The lowest BCUT2D eigenvalue weighted by Crippen LogP contribution is -2.40. The molecule has 3 rings (SSSR count). The van der Waals surface area contributed by atoms with Crippen LogP contribution in [0, 0.1) is 11.7 Å². The molecule has 6 heteroatoms. The fourth-order valence-corrected chi connectivity index (χ4v) is 3.12. The van der Waals surface area contributed by atoms with Crippen molar-refractivity contribution in [3.05, 3.63) is 53.5 Å². The van der Waals surface area contributed by atoms with E-state index in [1.165, 1.54) is 6.07 Å². The molecule has 1 aromatic heterocycles. The number of hydrogen-bond acceptors (Lipinski definition) is 4. The highest BCUT2D eigenvalue weighted by molar-refractivity contribution is 5.94. The van der Waals surface area contributed by atoms with Crippen LogP contribution in [0.25, 0.3) is 0 Å². The molecular weight excluding hydrogens is 307 g/mol. The first kappa shape index (κ1) is 16.4. The Kier molecular flexibility index (Phi) is 5.03. The smallest absolute Gasteiger partial charge is 0.256 e. The number of hydrogen-bond donors (Lipinski definition) is 1. The number of piperidine rings is 1. The van der Waals surface area contributed by atoms with E-state index in [1.807, 2.05) is 12.1 Å². The summed E-state index contributed by atoms with van der Waals surface area (Å²) >= 11 is 0. The largest absolute Gasteiger partial charge is 0.372 e. The van der Waals surface area contributed by atoms with E-state index in [1.54, 1.807) is 30.1 Å². The molecule has 2 aromatic rings. The van der Waals surface area contributed by atoms with E-state index in [4.69, 9.17) is 0 Å². The molecule has 0 radical (unpaired) electrons. The quantitative estimate of drug-likeness (QED) is 0.937. The van der Waals surface area contributed by atoms with E-state index < -0.39 is 5.82 Å². The van der Waals surface area contributed by atoms with Crippen molar-refractivity contribution in [3.63, 3.8) is 0 Å². The average molecular weight is 328 g/mol. The summed E-state index contributed by atoms with van der Waals surface area (Å²) in [6, 6.07) is 10.0. The molecule has 2 heterocycles. The predicted molar refractivity (Wildman–Crippen MR) is 90.3 cm³/mol. The zero-order chi connectivity index (χ0) is 16.9. The van der Waals surface area contributed by atoms with E-state index in [0.717, 1.165) is 30.8 Å². The fraction of sp³-hybridized carbons (Fsp3) is 0.389. The summed E-state index contributed by atoms with van der Waals surface area (Å²) < 4.78 is 13.8. The molecule has 0 saturated carbocycles. The Hall–Kier alpha value is -2.50. The van der Waals surface area contributed by atoms with Crippen LogP contribution in [0.2, 0.25) is 0 Å². The molecule has 1 fully saturated rings. The Morgan fingerprint density at radius 2 is 2.12 bits per heavy atom. The summed E-state index contributed by atoms with van der Waals surface area (Å²) in [4.78, 5) is 14.3. The minimum atomic E-state index is -0.460. The number of halogens is 1. The van der Waals surface area contributed by atoms with Gasteiger partial charge in [0.15, 0.2) is 0 Å². The summed E-state index contributed by atoms with van der Waals surface area (Å²) in [7, 11) is 1.80. The van der Waals surface area contributed by atoms with Crippen LogP contribution in [0.4, 0.5) is 10.2 Å². The van der Waals surface area contributed by atoms with Crippen molar-refractivity contribution in [1.29, 1.82) is 0 Å². The molecule has 0 unspecified atom stereocenters. The Bertz CT molecular complexity index is 704. The fourth-order valence-electron chi connectivity index (χ4n) is 3.12.